The van der Waals surface area contributed by atoms with E-state index in [9.17, 15) is 4.39 Å². The quantitative estimate of drug-likeness (QED) is 0.899. The Hall–Kier alpha value is -1.23. The van der Waals surface area contributed by atoms with Crippen LogP contribution in [-0.4, -0.2) is 13.7 Å². The van der Waals surface area contributed by atoms with Crippen molar-refractivity contribution in [2.75, 3.05) is 13.7 Å². The van der Waals surface area contributed by atoms with E-state index in [2.05, 4.69) is 15.9 Å². The fourth-order valence-electron chi connectivity index (χ4n) is 2.05. The Balaban J connectivity index is 2.20. The molecule has 0 fully saturated rings. The molecular formula is C16H17BrFNO. The topological polar surface area (TPSA) is 35.2 Å². The van der Waals surface area contributed by atoms with Crippen molar-refractivity contribution in [2.45, 2.75) is 12.5 Å². The molecule has 2 aromatic carbocycles. The summed E-state index contributed by atoms with van der Waals surface area (Å²) in [7, 11) is 1.69. The summed E-state index contributed by atoms with van der Waals surface area (Å²) in [5.74, 6) is -0.297. The van der Waals surface area contributed by atoms with Gasteiger partial charge in [-0.05, 0) is 45.1 Å². The van der Waals surface area contributed by atoms with Gasteiger partial charge in [-0.25, -0.2) is 4.39 Å². The molecule has 0 aliphatic carbocycles. The predicted octanol–water partition coefficient (Wildman–Crippen LogP) is 3.83. The Bertz CT molecular complexity index is 571. The van der Waals surface area contributed by atoms with Crippen LogP contribution in [0.4, 0.5) is 4.39 Å². The van der Waals surface area contributed by atoms with E-state index in [4.69, 9.17) is 10.5 Å². The number of nitrogens with two attached hydrogens (primary N) is 1. The third kappa shape index (κ3) is 3.45. The maximum Gasteiger partial charge on any atom is 0.137 e. The zero-order valence-electron chi connectivity index (χ0n) is 11.3. The van der Waals surface area contributed by atoms with Gasteiger partial charge < -0.3 is 10.5 Å². The van der Waals surface area contributed by atoms with Crippen LogP contribution >= 0.6 is 15.9 Å². The molecule has 0 aliphatic rings. The summed E-state index contributed by atoms with van der Waals surface area (Å²) in [6.07, 6.45) is 0.871. The Morgan fingerprint density at radius 3 is 2.55 bits per heavy atom. The zero-order valence-corrected chi connectivity index (χ0v) is 12.9. The summed E-state index contributed by atoms with van der Waals surface area (Å²) in [6, 6.07) is 12.6. The van der Waals surface area contributed by atoms with Gasteiger partial charge in [0, 0.05) is 7.11 Å². The summed E-state index contributed by atoms with van der Waals surface area (Å²) >= 11 is 3.26. The fourth-order valence-corrected chi connectivity index (χ4v) is 2.56. The van der Waals surface area contributed by atoms with Gasteiger partial charge in [-0.3, -0.25) is 0 Å². The second kappa shape index (κ2) is 6.97. The zero-order chi connectivity index (χ0) is 14.5. The van der Waals surface area contributed by atoms with Gasteiger partial charge >= 0.3 is 0 Å². The molecule has 2 rings (SSSR count). The van der Waals surface area contributed by atoms with Crippen LogP contribution in [0.25, 0.3) is 0 Å². The van der Waals surface area contributed by atoms with Crippen LogP contribution in [-0.2, 0) is 11.2 Å². The Morgan fingerprint density at radius 2 is 1.90 bits per heavy atom. The molecule has 1 atom stereocenters. The summed E-state index contributed by atoms with van der Waals surface area (Å²) in [4.78, 5) is 0. The van der Waals surface area contributed by atoms with Gasteiger partial charge in [-0.1, -0.05) is 36.4 Å². The number of ether oxygens (including phenoxy) is 1. The van der Waals surface area contributed by atoms with Gasteiger partial charge in [0.05, 0.1) is 17.1 Å². The van der Waals surface area contributed by atoms with Gasteiger partial charge in [-0.2, -0.15) is 0 Å². The van der Waals surface area contributed by atoms with E-state index in [1.54, 1.807) is 13.2 Å². The van der Waals surface area contributed by atoms with E-state index in [0.29, 0.717) is 11.1 Å². The summed E-state index contributed by atoms with van der Waals surface area (Å²) in [6.45, 7) is 0.695. The lowest BCUT2D eigenvalue weighted by Gasteiger charge is -2.15. The fraction of sp³-hybridized carbons (Fsp3) is 0.250. The first-order valence-electron chi connectivity index (χ1n) is 6.40. The molecule has 0 saturated carbocycles. The van der Waals surface area contributed by atoms with E-state index in [1.165, 1.54) is 11.6 Å². The minimum atomic E-state index is -0.350. The minimum absolute atomic E-state index is 0.297. The Kier molecular flexibility index (Phi) is 5.29. The molecule has 1 unspecified atom stereocenters. The molecule has 106 valence electrons. The largest absolute Gasteiger partial charge is 0.384 e. The highest BCUT2D eigenvalue weighted by Gasteiger charge is 2.14. The van der Waals surface area contributed by atoms with E-state index < -0.39 is 0 Å². The van der Waals surface area contributed by atoms with Crippen molar-refractivity contribution >= 4 is 15.9 Å². The highest BCUT2D eigenvalue weighted by Crippen LogP contribution is 2.28. The molecule has 0 bridgehead atoms. The van der Waals surface area contributed by atoms with Crippen molar-refractivity contribution in [3.05, 3.63) is 69.4 Å². The van der Waals surface area contributed by atoms with Crippen LogP contribution in [0.1, 0.15) is 22.7 Å². The molecule has 0 radical (unpaired) electrons. The van der Waals surface area contributed by atoms with Crippen molar-refractivity contribution < 1.29 is 9.13 Å². The predicted molar refractivity (Wildman–Crippen MR) is 82.2 cm³/mol. The van der Waals surface area contributed by atoms with Crippen molar-refractivity contribution in [1.82, 2.24) is 0 Å². The van der Waals surface area contributed by atoms with Gasteiger partial charge in [0.15, 0.2) is 0 Å². The van der Waals surface area contributed by atoms with Crippen LogP contribution in [0.2, 0.25) is 0 Å². The third-order valence-electron chi connectivity index (χ3n) is 3.25. The van der Waals surface area contributed by atoms with E-state index in [0.717, 1.165) is 17.5 Å². The highest BCUT2D eigenvalue weighted by atomic mass is 79.9. The monoisotopic (exact) mass is 337 g/mol. The van der Waals surface area contributed by atoms with Crippen LogP contribution in [0.15, 0.2) is 46.9 Å². The summed E-state index contributed by atoms with van der Waals surface area (Å²) in [5.41, 5.74) is 9.11. The van der Waals surface area contributed by atoms with Gasteiger partial charge in [0.25, 0.3) is 0 Å². The summed E-state index contributed by atoms with van der Waals surface area (Å²) < 4.78 is 19.0. The molecule has 2 aromatic rings. The van der Waals surface area contributed by atoms with Crippen molar-refractivity contribution in [3.63, 3.8) is 0 Å². The maximum atomic E-state index is 13.5. The molecule has 20 heavy (non-hydrogen) atoms. The maximum absolute atomic E-state index is 13.5. The van der Waals surface area contributed by atoms with Crippen LogP contribution < -0.4 is 5.73 Å². The van der Waals surface area contributed by atoms with Crippen molar-refractivity contribution in [1.29, 1.82) is 0 Å². The molecule has 0 saturated heterocycles. The first-order chi connectivity index (χ1) is 9.63. The standard InChI is InChI=1S/C16H17BrFNO/c1-20-10-9-11-5-7-12(8-6-11)16(19)13-3-2-4-14(18)15(13)17/h2-8,16H,9-10,19H2,1H3. The average Bonchev–Trinajstić information content (AvgIpc) is 2.48. The molecule has 0 heterocycles. The lowest BCUT2D eigenvalue weighted by Crippen LogP contribution is -2.13. The molecule has 0 spiro atoms. The number of rotatable bonds is 5. The molecule has 0 aromatic heterocycles. The molecular weight excluding hydrogens is 321 g/mol. The Morgan fingerprint density at radius 1 is 1.20 bits per heavy atom. The van der Waals surface area contributed by atoms with Crippen molar-refractivity contribution in [3.8, 4) is 0 Å². The Labute approximate surface area is 126 Å². The number of hydrogen-bond acceptors (Lipinski definition) is 2. The minimum Gasteiger partial charge on any atom is -0.384 e. The average molecular weight is 338 g/mol. The number of methoxy groups -OCH3 is 1. The smallest absolute Gasteiger partial charge is 0.137 e. The molecule has 4 heteroatoms. The van der Waals surface area contributed by atoms with Gasteiger partial charge in [0.2, 0.25) is 0 Å². The normalized spacial score (nSPS) is 12.4. The highest BCUT2D eigenvalue weighted by molar-refractivity contribution is 9.10. The SMILES string of the molecule is COCCc1ccc(C(N)c2cccc(F)c2Br)cc1. The summed E-state index contributed by atoms with van der Waals surface area (Å²) in [5, 5.41) is 0. The second-order valence-corrected chi connectivity index (χ2v) is 5.40. The van der Waals surface area contributed by atoms with Crippen LogP contribution in [0, 0.1) is 5.82 Å². The second-order valence-electron chi connectivity index (χ2n) is 4.61. The molecule has 2 N–H and O–H groups in total. The van der Waals surface area contributed by atoms with E-state index in [-0.39, 0.29) is 11.9 Å². The van der Waals surface area contributed by atoms with Gasteiger partial charge in [-0.15, -0.1) is 0 Å². The molecule has 0 amide bonds. The first-order valence-corrected chi connectivity index (χ1v) is 7.20. The van der Waals surface area contributed by atoms with E-state index in [1.807, 2.05) is 30.3 Å². The lowest BCUT2D eigenvalue weighted by molar-refractivity contribution is 0.202. The van der Waals surface area contributed by atoms with E-state index >= 15 is 0 Å². The first kappa shape index (κ1) is 15.2. The lowest BCUT2D eigenvalue weighted by atomic mass is 9.98. The third-order valence-corrected chi connectivity index (χ3v) is 4.09. The number of hydrogen-bond donors (Lipinski definition) is 1. The molecule has 2 nitrogen and oxygen atoms in total. The molecule has 0 aliphatic heterocycles. The number of benzene rings is 2. The van der Waals surface area contributed by atoms with Crippen molar-refractivity contribution in [2.24, 2.45) is 5.73 Å². The van der Waals surface area contributed by atoms with Crippen LogP contribution in [0.3, 0.4) is 0 Å². The van der Waals surface area contributed by atoms with Crippen LogP contribution in [0.5, 0.6) is 0 Å². The number of halogens is 2. The van der Waals surface area contributed by atoms with Gasteiger partial charge in [0.1, 0.15) is 5.82 Å².